The zero-order valence-electron chi connectivity index (χ0n) is 19.9. The van der Waals surface area contributed by atoms with Gasteiger partial charge in [-0.05, 0) is 51.7 Å². The van der Waals surface area contributed by atoms with Crippen molar-refractivity contribution in [3.8, 4) is 0 Å². The van der Waals surface area contributed by atoms with Crippen LogP contribution in [-0.4, -0.2) is 24.5 Å². The third kappa shape index (κ3) is 3.84. The van der Waals surface area contributed by atoms with Gasteiger partial charge < -0.3 is 9.88 Å². The summed E-state index contributed by atoms with van der Waals surface area (Å²) in [7, 11) is 0. The first-order valence-electron chi connectivity index (χ1n) is 11.7. The second-order valence-corrected chi connectivity index (χ2v) is 10.0. The number of benzene rings is 1. The van der Waals surface area contributed by atoms with Gasteiger partial charge in [-0.2, -0.15) is 5.10 Å². The van der Waals surface area contributed by atoms with E-state index in [1.807, 2.05) is 6.20 Å². The van der Waals surface area contributed by atoms with Crippen LogP contribution in [0.5, 0.6) is 0 Å². The fraction of sp³-hybridized carbons (Fsp3) is 0.370. The zero-order valence-corrected chi connectivity index (χ0v) is 19.9. The predicted molar refractivity (Wildman–Crippen MR) is 132 cm³/mol. The van der Waals surface area contributed by atoms with Crippen LogP contribution < -0.4 is 5.32 Å². The molecule has 0 amide bonds. The van der Waals surface area contributed by atoms with E-state index in [1.54, 1.807) is 6.33 Å². The number of allylic oxidation sites excluding steroid dienone is 6. The van der Waals surface area contributed by atoms with E-state index in [1.165, 1.54) is 16.7 Å². The number of aryl methyl sites for hydroxylation is 1. The van der Waals surface area contributed by atoms with Crippen molar-refractivity contribution in [1.82, 2.24) is 24.5 Å². The second-order valence-electron chi connectivity index (χ2n) is 10.0. The maximum Gasteiger partial charge on any atom is 0.145 e. The number of anilines is 1. The van der Waals surface area contributed by atoms with Crippen molar-refractivity contribution in [1.29, 1.82) is 0 Å². The number of aromatic nitrogens is 5. The first-order valence-corrected chi connectivity index (χ1v) is 11.7. The summed E-state index contributed by atoms with van der Waals surface area (Å²) in [5, 5.41) is 16.2. The Bertz CT molecular complexity index is 1230. The molecule has 6 rings (SSSR count). The average molecular weight is 441 g/mol. The Labute approximate surface area is 195 Å². The van der Waals surface area contributed by atoms with E-state index in [2.05, 4.69) is 118 Å². The molecule has 2 atom stereocenters. The molecule has 6 nitrogen and oxygen atoms in total. The van der Waals surface area contributed by atoms with Crippen molar-refractivity contribution < 1.29 is 0 Å². The van der Waals surface area contributed by atoms with Crippen LogP contribution in [0.3, 0.4) is 0 Å². The second kappa shape index (κ2) is 8.18. The lowest BCUT2D eigenvalue weighted by Gasteiger charge is -2.39. The SMILES string of the molecule is CC1(C2=CCC=CC=C2)Cn2cnnc21.Cc1cnn2c1NC(c1ccccc1)CC2(C)C. The highest BCUT2D eigenvalue weighted by Crippen LogP contribution is 2.41. The van der Waals surface area contributed by atoms with Gasteiger partial charge in [-0.25, -0.2) is 4.68 Å². The van der Waals surface area contributed by atoms with Gasteiger partial charge in [-0.1, -0.05) is 60.7 Å². The molecule has 2 unspecified atom stereocenters. The molecule has 33 heavy (non-hydrogen) atoms. The number of fused-ring (bicyclic) bond motifs is 2. The minimum Gasteiger partial charge on any atom is -0.363 e. The van der Waals surface area contributed by atoms with E-state index in [9.17, 15) is 0 Å². The molecular formula is C27H32N6. The number of hydrogen-bond acceptors (Lipinski definition) is 4. The van der Waals surface area contributed by atoms with E-state index < -0.39 is 0 Å². The quantitative estimate of drug-likeness (QED) is 0.574. The minimum atomic E-state index is 0.0509. The lowest BCUT2D eigenvalue weighted by atomic mass is 9.75. The van der Waals surface area contributed by atoms with Gasteiger partial charge in [-0.15, -0.1) is 10.2 Å². The molecule has 0 bridgehead atoms. The summed E-state index contributed by atoms with van der Waals surface area (Å²) in [5.41, 5.74) is 4.03. The van der Waals surface area contributed by atoms with Gasteiger partial charge in [0.15, 0.2) is 0 Å². The summed E-state index contributed by atoms with van der Waals surface area (Å²) in [6.07, 6.45) is 16.6. The lowest BCUT2D eigenvalue weighted by molar-refractivity contribution is 0.263. The number of nitrogens with one attached hydrogen (secondary N) is 1. The Hall–Kier alpha value is -3.41. The molecule has 4 heterocycles. The van der Waals surface area contributed by atoms with Crippen molar-refractivity contribution in [3.63, 3.8) is 0 Å². The van der Waals surface area contributed by atoms with Gasteiger partial charge in [0.2, 0.25) is 0 Å². The molecule has 1 N–H and O–H groups in total. The van der Waals surface area contributed by atoms with Crippen molar-refractivity contribution in [2.24, 2.45) is 0 Å². The van der Waals surface area contributed by atoms with Gasteiger partial charge in [0.25, 0.3) is 0 Å². The average Bonchev–Trinajstić information content (AvgIpc) is 3.26. The van der Waals surface area contributed by atoms with Gasteiger partial charge in [-0.3, -0.25) is 0 Å². The molecule has 6 heteroatoms. The van der Waals surface area contributed by atoms with Gasteiger partial charge in [0.1, 0.15) is 18.0 Å². The maximum absolute atomic E-state index is 4.49. The van der Waals surface area contributed by atoms with Crippen molar-refractivity contribution in [2.45, 2.75) is 64.1 Å². The molecule has 1 aliphatic carbocycles. The minimum absolute atomic E-state index is 0.0509. The normalized spacial score (nSPS) is 24.2. The van der Waals surface area contributed by atoms with E-state index >= 15 is 0 Å². The summed E-state index contributed by atoms with van der Waals surface area (Å²) in [5.74, 6) is 2.24. The van der Waals surface area contributed by atoms with Gasteiger partial charge in [0, 0.05) is 12.1 Å². The summed E-state index contributed by atoms with van der Waals surface area (Å²) < 4.78 is 4.22. The highest BCUT2D eigenvalue weighted by molar-refractivity contribution is 5.48. The topological polar surface area (TPSA) is 60.6 Å². The monoisotopic (exact) mass is 440 g/mol. The highest BCUT2D eigenvalue weighted by Gasteiger charge is 2.43. The molecule has 3 aliphatic rings. The molecule has 0 radical (unpaired) electrons. The van der Waals surface area contributed by atoms with E-state index in [0.29, 0.717) is 6.04 Å². The van der Waals surface area contributed by atoms with Crippen LogP contribution in [0.1, 0.15) is 56.6 Å². The van der Waals surface area contributed by atoms with Crippen LogP contribution in [0.15, 0.2) is 78.8 Å². The Morgan fingerprint density at radius 2 is 1.91 bits per heavy atom. The van der Waals surface area contributed by atoms with Crippen molar-refractivity contribution in [3.05, 3.63) is 95.8 Å². The molecule has 2 aliphatic heterocycles. The van der Waals surface area contributed by atoms with Crippen LogP contribution in [0.25, 0.3) is 0 Å². The van der Waals surface area contributed by atoms with E-state index in [-0.39, 0.29) is 11.0 Å². The molecule has 0 saturated carbocycles. The highest BCUT2D eigenvalue weighted by atomic mass is 15.4. The Kier molecular flexibility index (Phi) is 5.31. The summed E-state index contributed by atoms with van der Waals surface area (Å²) in [4.78, 5) is 0. The Balaban J connectivity index is 0.000000140. The smallest absolute Gasteiger partial charge is 0.145 e. The first-order chi connectivity index (χ1) is 15.9. The first kappa shape index (κ1) is 21.4. The van der Waals surface area contributed by atoms with Crippen LogP contribution in [0, 0.1) is 6.92 Å². The molecule has 2 aromatic heterocycles. The summed E-state index contributed by atoms with van der Waals surface area (Å²) in [6, 6.07) is 11.0. The number of hydrogen-bond donors (Lipinski definition) is 1. The van der Waals surface area contributed by atoms with Crippen LogP contribution in [-0.2, 0) is 17.5 Å². The number of nitrogens with zero attached hydrogens (tertiary/aromatic N) is 5. The number of rotatable bonds is 2. The van der Waals surface area contributed by atoms with Gasteiger partial charge in [0.05, 0.1) is 23.2 Å². The fourth-order valence-corrected chi connectivity index (χ4v) is 5.08. The predicted octanol–water partition coefficient (Wildman–Crippen LogP) is 5.48. The maximum atomic E-state index is 4.49. The van der Waals surface area contributed by atoms with Crippen LogP contribution in [0.4, 0.5) is 5.82 Å². The molecule has 170 valence electrons. The third-order valence-electron chi connectivity index (χ3n) is 6.97. The van der Waals surface area contributed by atoms with E-state index in [4.69, 9.17) is 0 Å². The van der Waals surface area contributed by atoms with Crippen molar-refractivity contribution in [2.75, 3.05) is 5.32 Å². The standard InChI is InChI=1S/C15H19N3.C12H13N3/c1-11-10-16-18-14(11)17-13(9-15(18,2)3)12-7-5-4-6-8-12;1-12(8-15-9-13-14-11(12)15)10-6-4-2-3-5-7-10/h4-8,10,13,17H,9H2,1-3H3;2-4,6-7,9H,5,8H2,1H3. The Morgan fingerprint density at radius 3 is 2.70 bits per heavy atom. The molecule has 3 aromatic rings. The lowest BCUT2D eigenvalue weighted by Crippen LogP contribution is -2.42. The summed E-state index contributed by atoms with van der Waals surface area (Å²) >= 11 is 0. The van der Waals surface area contributed by atoms with Crippen molar-refractivity contribution >= 4 is 5.82 Å². The fourth-order valence-electron chi connectivity index (χ4n) is 5.08. The molecule has 0 fully saturated rings. The van der Waals surface area contributed by atoms with Crippen LogP contribution in [0.2, 0.25) is 0 Å². The van der Waals surface area contributed by atoms with Crippen LogP contribution >= 0.6 is 0 Å². The molecule has 1 aromatic carbocycles. The zero-order chi connectivity index (χ0) is 23.1. The largest absolute Gasteiger partial charge is 0.363 e. The Morgan fingerprint density at radius 1 is 1.09 bits per heavy atom. The van der Waals surface area contributed by atoms with E-state index in [0.717, 1.165) is 31.0 Å². The third-order valence-corrected chi connectivity index (χ3v) is 6.97. The molecule has 0 spiro atoms. The van der Waals surface area contributed by atoms with Gasteiger partial charge >= 0.3 is 0 Å². The summed E-state index contributed by atoms with van der Waals surface area (Å²) in [6.45, 7) is 9.83. The molecule has 0 saturated heterocycles. The molecular weight excluding hydrogens is 408 g/mol.